The highest BCUT2D eigenvalue weighted by molar-refractivity contribution is 6.31. The topological polar surface area (TPSA) is 349 Å². The number of nitrogens with zero attached hydrogens (tertiary/aromatic N) is 4. The molecule has 0 aromatic heterocycles. The SMILES string of the molecule is CCCNC(=O)N1CC([NH3+])CC(C(=O)Nc2ccc(Cl)c(F)c2)C1.NCCCNC(=O)N1CCCC(C(=O)Nc2ccc(Cl)c(F)c2)C1.NCCNC(=O)N1CCCC(C(=O)Nc2ccc(Cl)c(F)c2)C1.NCCOC(=O)N1CCCC(C(=O)Nc2ccc(Cl)c(F)c2)C1. The number of hydrogen-bond acceptors (Lipinski definition) is 12. The number of carbonyl (C=O) groups excluding carboxylic acids is 8. The maximum atomic E-state index is 13.5. The Kier molecular flexibility index (Phi) is 32.9. The first-order valence-corrected chi connectivity index (χ1v) is 32.4. The fourth-order valence-electron chi connectivity index (χ4n) is 10.2. The first-order valence-electron chi connectivity index (χ1n) is 30.9. The second-order valence-corrected chi connectivity index (χ2v) is 24.2. The molecule has 24 nitrogen and oxygen atoms in total. The van der Waals surface area contributed by atoms with Crippen molar-refractivity contribution < 1.29 is 66.4 Å². The van der Waals surface area contributed by atoms with Crippen molar-refractivity contribution >= 4 is 117 Å². The molecule has 4 aliphatic heterocycles. The van der Waals surface area contributed by atoms with Crippen molar-refractivity contribution in [2.75, 3.05) is 120 Å². The second-order valence-electron chi connectivity index (χ2n) is 22.6. The third-order valence-corrected chi connectivity index (χ3v) is 16.3. The van der Waals surface area contributed by atoms with E-state index in [-0.39, 0.29) is 111 Å². The number of urea groups is 3. The fraction of sp³-hybridized carbons (Fsp3) is 0.484. The zero-order valence-electron chi connectivity index (χ0n) is 52.2. The fourth-order valence-corrected chi connectivity index (χ4v) is 10.7. The molecule has 0 saturated carbocycles. The Hall–Kier alpha value is -7.44. The zero-order chi connectivity index (χ0) is 68.9. The number of likely N-dealkylation sites (tertiary alicyclic amines) is 4. The Labute approximate surface area is 563 Å². The van der Waals surface area contributed by atoms with E-state index in [1.54, 1.807) is 26.8 Å². The second kappa shape index (κ2) is 40.1. The Balaban J connectivity index is 0.000000227. The number of anilines is 4. The number of amides is 11. The van der Waals surface area contributed by atoms with Gasteiger partial charge < -0.3 is 84.5 Å². The Bertz CT molecular complexity index is 3110. The van der Waals surface area contributed by atoms with Crippen molar-refractivity contribution in [2.45, 2.75) is 70.8 Å². The van der Waals surface area contributed by atoms with Crippen molar-refractivity contribution in [1.29, 1.82) is 0 Å². The van der Waals surface area contributed by atoms with Crippen LogP contribution in [0.3, 0.4) is 0 Å². The molecule has 0 radical (unpaired) electrons. The Morgan fingerprint density at radius 2 is 0.830 bits per heavy atom. The minimum atomic E-state index is -0.597. The summed E-state index contributed by atoms with van der Waals surface area (Å²) in [4.78, 5) is 104. The third-order valence-electron chi connectivity index (χ3n) is 15.1. The lowest BCUT2D eigenvalue weighted by molar-refractivity contribution is -0.427. The van der Waals surface area contributed by atoms with Crippen molar-refractivity contribution in [3.63, 3.8) is 0 Å². The summed E-state index contributed by atoms with van der Waals surface area (Å²) in [6, 6.07) is 15.8. The van der Waals surface area contributed by atoms with Gasteiger partial charge in [0.25, 0.3) is 0 Å². The molecule has 94 heavy (non-hydrogen) atoms. The van der Waals surface area contributed by atoms with Gasteiger partial charge in [0.05, 0.1) is 50.3 Å². The van der Waals surface area contributed by atoms with Gasteiger partial charge in [0, 0.05) is 108 Å². The largest absolute Gasteiger partial charge is 0.448 e. The number of rotatable bonds is 17. The monoisotopic (exact) mass is 1400 g/mol. The molecule has 5 unspecified atom stereocenters. The lowest BCUT2D eigenvalue weighted by Crippen LogP contribution is -2.70. The number of quaternary nitrogens is 1. The van der Waals surface area contributed by atoms with E-state index in [0.717, 1.165) is 25.3 Å². The number of benzene rings is 4. The van der Waals surface area contributed by atoms with Gasteiger partial charge in [-0.2, -0.15) is 0 Å². The van der Waals surface area contributed by atoms with Crippen molar-refractivity contribution in [1.82, 2.24) is 35.6 Å². The van der Waals surface area contributed by atoms with E-state index in [1.165, 1.54) is 59.5 Å². The number of carbonyl (C=O) groups is 8. The van der Waals surface area contributed by atoms with Crippen LogP contribution in [0, 0.1) is 46.9 Å². The van der Waals surface area contributed by atoms with Crippen LogP contribution in [0.1, 0.15) is 64.7 Å². The zero-order valence-corrected chi connectivity index (χ0v) is 55.2. The summed E-state index contributed by atoms with van der Waals surface area (Å²) in [6.45, 7) is 8.34. The first kappa shape index (κ1) is 77.3. The number of ether oxygens (including phenoxy) is 1. The summed E-state index contributed by atoms with van der Waals surface area (Å²) in [6.07, 6.45) is 5.89. The van der Waals surface area contributed by atoms with Crippen LogP contribution in [0.25, 0.3) is 0 Å². The molecule has 8 rings (SSSR count). The van der Waals surface area contributed by atoms with E-state index in [9.17, 15) is 55.9 Å². The van der Waals surface area contributed by atoms with Crippen LogP contribution in [-0.2, 0) is 23.9 Å². The van der Waals surface area contributed by atoms with Gasteiger partial charge in [-0.25, -0.2) is 36.7 Å². The molecule has 516 valence electrons. The molecule has 4 aliphatic rings. The molecular weight excluding hydrogens is 1320 g/mol. The van der Waals surface area contributed by atoms with E-state index < -0.39 is 29.4 Å². The van der Waals surface area contributed by atoms with Crippen molar-refractivity contribution in [3.8, 4) is 0 Å². The smallest absolute Gasteiger partial charge is 0.409 e. The predicted molar refractivity (Wildman–Crippen MR) is 353 cm³/mol. The van der Waals surface area contributed by atoms with Gasteiger partial charge in [-0.3, -0.25) is 19.2 Å². The highest BCUT2D eigenvalue weighted by Crippen LogP contribution is 2.27. The van der Waals surface area contributed by atoms with E-state index >= 15 is 0 Å². The molecule has 4 heterocycles. The molecule has 16 N–H and O–H groups in total. The summed E-state index contributed by atoms with van der Waals surface area (Å²) in [5.41, 5.74) is 21.4. The quantitative estimate of drug-likeness (QED) is 0.0358. The van der Waals surface area contributed by atoms with Crippen LogP contribution in [0.4, 0.5) is 59.5 Å². The lowest BCUT2D eigenvalue weighted by atomic mass is 9.94. The van der Waals surface area contributed by atoms with Gasteiger partial charge in [0.1, 0.15) is 35.9 Å². The highest BCUT2D eigenvalue weighted by Gasteiger charge is 2.35. The lowest BCUT2D eigenvalue weighted by Gasteiger charge is -2.33. The van der Waals surface area contributed by atoms with Crippen LogP contribution < -0.4 is 60.2 Å². The van der Waals surface area contributed by atoms with Gasteiger partial charge in [-0.1, -0.05) is 53.3 Å². The Morgan fingerprint density at radius 3 is 1.20 bits per heavy atom. The van der Waals surface area contributed by atoms with Crippen molar-refractivity contribution in [2.24, 2.45) is 40.9 Å². The maximum Gasteiger partial charge on any atom is 0.409 e. The molecular formula is C62H84Cl4F4N15O9+. The van der Waals surface area contributed by atoms with Gasteiger partial charge in [0.2, 0.25) is 23.6 Å². The van der Waals surface area contributed by atoms with E-state index in [1.807, 2.05) is 6.92 Å². The molecule has 4 fully saturated rings. The van der Waals surface area contributed by atoms with E-state index in [4.69, 9.17) is 68.3 Å². The molecule has 0 bridgehead atoms. The van der Waals surface area contributed by atoms with Crippen LogP contribution in [0.15, 0.2) is 72.8 Å². The molecule has 0 spiro atoms. The molecule has 4 aromatic rings. The summed E-state index contributed by atoms with van der Waals surface area (Å²) < 4.78 is 58.7. The van der Waals surface area contributed by atoms with Crippen LogP contribution in [-0.4, -0.2) is 172 Å². The predicted octanol–water partition coefficient (Wildman–Crippen LogP) is 7.68. The van der Waals surface area contributed by atoms with Crippen LogP contribution in [0.2, 0.25) is 20.1 Å². The standard InChI is InChI=1S/2C16H22ClFN4O2.C15H20ClFN4O2.C15H19ClFN3O3/c17-13-5-4-12(9-14(13)18)21-15(23)11-3-1-8-22(10-11)16(24)20-7-2-6-19;1-2-5-20-16(24)22-8-10(6-11(19)9-22)15(23)21-12-3-4-13(17)14(18)7-12;16-12-4-3-11(8-13(12)17)20-14(22)10-2-1-7-21(9-10)15(23)19-6-5-18;16-12-4-3-11(8-13(12)17)19-14(21)10-2-1-6-20(9-10)15(22)23-7-5-18/h4-5,9,11H,1-3,6-8,10,19H2,(H,20,24)(H,21,23);3-4,7,10-11H,2,5-6,8-9,19H2,1H3,(H,20,24)(H,21,23);3-4,8,10H,1-2,5-7,9,18H2,(H,19,23)(H,20,22);3-4,8,10H,1-2,5-7,9,18H2,(H,19,21)/p+1. The average Bonchev–Trinajstić information content (AvgIpc) is 1.04. The number of nitrogens with two attached hydrogens (primary N) is 3. The van der Waals surface area contributed by atoms with E-state index in [2.05, 4.69) is 43.0 Å². The summed E-state index contributed by atoms with van der Waals surface area (Å²) in [5, 5.41) is 19.0. The highest BCUT2D eigenvalue weighted by atomic mass is 35.5. The average molecular weight is 1400 g/mol. The molecule has 5 atom stereocenters. The number of piperidine rings is 4. The normalized spacial score (nSPS) is 18.4. The minimum Gasteiger partial charge on any atom is -0.448 e. The van der Waals surface area contributed by atoms with Crippen LogP contribution >= 0.6 is 46.4 Å². The number of nitrogens with one attached hydrogen (secondary N) is 7. The third kappa shape index (κ3) is 25.7. The molecule has 4 saturated heterocycles. The maximum absolute atomic E-state index is 13.5. The molecule has 4 aromatic carbocycles. The van der Waals surface area contributed by atoms with Crippen LogP contribution in [0.5, 0.6) is 0 Å². The van der Waals surface area contributed by atoms with Gasteiger partial charge >= 0.3 is 24.2 Å². The Morgan fingerprint density at radius 1 is 0.479 bits per heavy atom. The van der Waals surface area contributed by atoms with E-state index in [0.29, 0.717) is 140 Å². The number of hydrogen-bond donors (Lipinski definition) is 11. The van der Waals surface area contributed by atoms with Crippen molar-refractivity contribution in [3.05, 3.63) is 116 Å². The minimum absolute atomic E-state index is 0.00209. The molecule has 11 amide bonds. The molecule has 0 aliphatic carbocycles. The summed E-state index contributed by atoms with van der Waals surface area (Å²) in [5.74, 6) is -4.73. The summed E-state index contributed by atoms with van der Waals surface area (Å²) in [7, 11) is 0. The van der Waals surface area contributed by atoms with Gasteiger partial charge in [-0.15, -0.1) is 0 Å². The summed E-state index contributed by atoms with van der Waals surface area (Å²) >= 11 is 22.5. The van der Waals surface area contributed by atoms with Gasteiger partial charge in [-0.05, 0) is 131 Å². The number of halogens is 8. The van der Waals surface area contributed by atoms with Gasteiger partial charge in [0.15, 0.2) is 0 Å². The molecule has 32 heteroatoms. The first-order chi connectivity index (χ1) is 44.9.